The zero-order valence-electron chi connectivity index (χ0n) is 31.0. The van der Waals surface area contributed by atoms with Gasteiger partial charge in [0.2, 0.25) is 0 Å². The van der Waals surface area contributed by atoms with Gasteiger partial charge in [-0.25, -0.2) is 0 Å². The molecule has 2 aromatic heterocycles. The lowest BCUT2D eigenvalue weighted by Crippen LogP contribution is -2.10. The minimum atomic E-state index is 0.848. The first-order chi connectivity index (χ1) is 28.3. The minimum absolute atomic E-state index is 0.848. The molecular weight excluding hydrogens is 695 g/mol. The highest BCUT2D eigenvalue weighted by atomic mass is 16.3. The molecule has 0 bridgehead atoms. The van der Waals surface area contributed by atoms with Crippen molar-refractivity contribution in [2.45, 2.75) is 0 Å². The second-order valence-corrected chi connectivity index (χ2v) is 14.5. The van der Waals surface area contributed by atoms with Crippen molar-refractivity contribution in [2.24, 2.45) is 0 Å². The Morgan fingerprint density at radius 2 is 0.807 bits per heavy atom. The fourth-order valence-electron chi connectivity index (χ4n) is 8.34. The van der Waals surface area contributed by atoms with Crippen LogP contribution in [0.1, 0.15) is 0 Å². The Hall–Kier alpha value is -7.62. The van der Waals surface area contributed by atoms with Crippen molar-refractivity contribution in [2.75, 3.05) is 4.90 Å². The third-order valence-electron chi connectivity index (χ3n) is 11.1. The average Bonchev–Trinajstić information content (AvgIpc) is 3.87. The lowest BCUT2D eigenvalue weighted by Gasteiger charge is -2.26. The molecule has 0 amide bonds. The number of anilines is 3. The van der Waals surface area contributed by atoms with Gasteiger partial charge >= 0.3 is 0 Å². The zero-order chi connectivity index (χ0) is 37.7. The fraction of sp³-hybridized carbons (Fsp3) is 0. The molecule has 57 heavy (non-hydrogen) atoms. The SMILES string of the molecule is c1ccc(-c2ccc(N(c3ccc(-c4ccc5oc6c(-c7ccccc7)cccc6c5c4)cc3)c3ccc(-c4ccccc4)c4c3oc3ccccc34)cc2)cc1. The van der Waals surface area contributed by atoms with E-state index < -0.39 is 0 Å². The van der Waals surface area contributed by atoms with Crippen molar-refractivity contribution in [3.05, 3.63) is 212 Å². The molecule has 0 unspecified atom stereocenters. The largest absolute Gasteiger partial charge is 0.455 e. The van der Waals surface area contributed by atoms with Gasteiger partial charge in [0.15, 0.2) is 5.58 Å². The molecule has 0 radical (unpaired) electrons. The van der Waals surface area contributed by atoms with Gasteiger partial charge in [-0.1, -0.05) is 164 Å². The van der Waals surface area contributed by atoms with Gasteiger partial charge in [0.05, 0.1) is 5.69 Å². The Balaban J connectivity index is 1.05. The highest BCUT2D eigenvalue weighted by Crippen LogP contribution is 2.46. The summed E-state index contributed by atoms with van der Waals surface area (Å²) in [7, 11) is 0. The molecule has 0 aliphatic rings. The highest BCUT2D eigenvalue weighted by Gasteiger charge is 2.22. The number of rotatable bonds is 7. The summed E-state index contributed by atoms with van der Waals surface area (Å²) >= 11 is 0. The lowest BCUT2D eigenvalue weighted by atomic mass is 9.97. The van der Waals surface area contributed by atoms with Crippen molar-refractivity contribution < 1.29 is 8.83 Å². The van der Waals surface area contributed by atoms with Gasteiger partial charge in [-0.2, -0.15) is 0 Å². The van der Waals surface area contributed by atoms with Crippen LogP contribution in [-0.2, 0) is 0 Å². The van der Waals surface area contributed by atoms with Crippen LogP contribution < -0.4 is 4.90 Å². The first-order valence-electron chi connectivity index (χ1n) is 19.3. The molecule has 0 saturated carbocycles. The molecule has 0 saturated heterocycles. The van der Waals surface area contributed by atoms with E-state index in [9.17, 15) is 0 Å². The van der Waals surface area contributed by atoms with Crippen LogP contribution in [0.2, 0.25) is 0 Å². The minimum Gasteiger partial charge on any atom is -0.455 e. The topological polar surface area (TPSA) is 29.5 Å². The van der Waals surface area contributed by atoms with Gasteiger partial charge in [0.25, 0.3) is 0 Å². The second-order valence-electron chi connectivity index (χ2n) is 14.5. The van der Waals surface area contributed by atoms with Crippen molar-refractivity contribution in [3.8, 4) is 44.5 Å². The fourth-order valence-corrected chi connectivity index (χ4v) is 8.34. The quantitative estimate of drug-likeness (QED) is 0.164. The maximum Gasteiger partial charge on any atom is 0.160 e. The van der Waals surface area contributed by atoms with Gasteiger partial charge in [-0.05, 0) is 87.5 Å². The third-order valence-corrected chi connectivity index (χ3v) is 11.1. The Morgan fingerprint density at radius 3 is 1.49 bits per heavy atom. The van der Waals surface area contributed by atoms with Crippen LogP contribution in [0.3, 0.4) is 0 Å². The summed E-state index contributed by atoms with van der Waals surface area (Å²) in [4.78, 5) is 2.32. The van der Waals surface area contributed by atoms with Crippen molar-refractivity contribution in [3.63, 3.8) is 0 Å². The Labute approximate surface area is 330 Å². The lowest BCUT2D eigenvalue weighted by molar-refractivity contribution is 0.669. The monoisotopic (exact) mass is 729 g/mol. The normalized spacial score (nSPS) is 11.5. The number of benzene rings is 9. The van der Waals surface area contributed by atoms with Gasteiger partial charge in [0, 0.05) is 38.5 Å². The van der Waals surface area contributed by atoms with Crippen LogP contribution in [0.5, 0.6) is 0 Å². The number of para-hydroxylation sites is 2. The van der Waals surface area contributed by atoms with E-state index in [1.807, 2.05) is 12.1 Å². The van der Waals surface area contributed by atoms with Gasteiger partial charge in [-0.15, -0.1) is 0 Å². The number of furan rings is 2. The number of hydrogen-bond acceptors (Lipinski definition) is 3. The molecule has 0 atom stereocenters. The van der Waals surface area contributed by atoms with Gasteiger partial charge in [0.1, 0.15) is 16.7 Å². The van der Waals surface area contributed by atoms with Gasteiger partial charge < -0.3 is 13.7 Å². The molecule has 0 N–H and O–H groups in total. The maximum absolute atomic E-state index is 6.81. The third kappa shape index (κ3) is 5.68. The summed E-state index contributed by atoms with van der Waals surface area (Å²) in [5.41, 5.74) is 15.7. The van der Waals surface area contributed by atoms with E-state index in [-0.39, 0.29) is 0 Å². The molecule has 0 aliphatic carbocycles. The van der Waals surface area contributed by atoms with Gasteiger partial charge in [-0.3, -0.25) is 0 Å². The standard InChI is InChI=1S/C54H35NO2/c1-4-13-36(14-5-1)37-23-28-42(29-24-37)55(49-33-32-44(39-15-6-2-7-16-39)52-47-19-10-11-22-50(47)57-54(49)52)43-30-25-38(26-31-43)41-27-34-51-48(35-41)46-21-12-20-45(53(46)56-51)40-17-8-3-9-18-40/h1-35H. The van der Waals surface area contributed by atoms with E-state index in [1.54, 1.807) is 0 Å². The van der Waals surface area contributed by atoms with E-state index in [1.165, 1.54) is 11.1 Å². The van der Waals surface area contributed by atoms with Crippen LogP contribution in [0.4, 0.5) is 17.1 Å². The smallest absolute Gasteiger partial charge is 0.160 e. The molecule has 0 spiro atoms. The summed E-state index contributed by atoms with van der Waals surface area (Å²) < 4.78 is 13.3. The predicted molar refractivity (Wildman–Crippen MR) is 237 cm³/mol. The Kier molecular flexibility index (Phi) is 7.82. The van der Waals surface area contributed by atoms with E-state index in [4.69, 9.17) is 8.83 Å². The molecule has 3 heteroatoms. The molecule has 9 aromatic carbocycles. The highest BCUT2D eigenvalue weighted by molar-refractivity contribution is 6.17. The van der Waals surface area contributed by atoms with E-state index in [2.05, 4.69) is 205 Å². The van der Waals surface area contributed by atoms with Crippen LogP contribution in [0, 0.1) is 0 Å². The number of nitrogens with zero attached hydrogens (tertiary/aromatic N) is 1. The summed E-state index contributed by atoms with van der Waals surface area (Å²) in [6.45, 7) is 0. The first kappa shape index (κ1) is 32.8. The molecule has 0 aliphatic heterocycles. The van der Waals surface area contributed by atoms with E-state index in [0.717, 1.165) is 94.3 Å². The second kappa shape index (κ2) is 13.6. The zero-order valence-corrected chi connectivity index (χ0v) is 31.0. The Morgan fingerprint density at radius 1 is 0.298 bits per heavy atom. The molecule has 11 rings (SSSR count). The Bertz CT molecular complexity index is 3200. The molecule has 2 heterocycles. The summed E-state index contributed by atoms with van der Waals surface area (Å²) in [5, 5.41) is 4.42. The number of fused-ring (bicyclic) bond motifs is 6. The molecule has 0 fully saturated rings. The molecule has 268 valence electrons. The molecular formula is C54H35NO2. The van der Waals surface area contributed by atoms with Crippen molar-refractivity contribution in [1.82, 2.24) is 0 Å². The van der Waals surface area contributed by atoms with Crippen molar-refractivity contribution in [1.29, 1.82) is 0 Å². The van der Waals surface area contributed by atoms with Crippen LogP contribution >= 0.6 is 0 Å². The van der Waals surface area contributed by atoms with Crippen LogP contribution in [0.15, 0.2) is 221 Å². The van der Waals surface area contributed by atoms with E-state index >= 15 is 0 Å². The average molecular weight is 730 g/mol. The van der Waals surface area contributed by atoms with E-state index in [0.29, 0.717) is 0 Å². The van der Waals surface area contributed by atoms with Crippen molar-refractivity contribution >= 4 is 60.9 Å². The predicted octanol–water partition coefficient (Wildman–Crippen LogP) is 15.6. The maximum atomic E-state index is 6.81. The summed E-state index contributed by atoms with van der Waals surface area (Å²) in [5.74, 6) is 0. The molecule has 11 aromatic rings. The first-order valence-corrected chi connectivity index (χ1v) is 19.3. The number of hydrogen-bond donors (Lipinski definition) is 0. The van der Waals surface area contributed by atoms with Crippen LogP contribution in [0.25, 0.3) is 88.4 Å². The molecule has 3 nitrogen and oxygen atoms in total. The van der Waals surface area contributed by atoms with Crippen LogP contribution in [-0.4, -0.2) is 0 Å². The summed E-state index contributed by atoms with van der Waals surface area (Å²) in [6, 6.07) is 74.9. The summed E-state index contributed by atoms with van der Waals surface area (Å²) in [6.07, 6.45) is 0.